The van der Waals surface area contributed by atoms with Crippen molar-refractivity contribution in [3.63, 3.8) is 0 Å². The number of hydrazone groups is 1. The van der Waals surface area contributed by atoms with Crippen molar-refractivity contribution < 1.29 is 14.4 Å². The summed E-state index contributed by atoms with van der Waals surface area (Å²) in [5.41, 5.74) is 2.67. The highest BCUT2D eigenvalue weighted by atomic mass is 16.2. The molecule has 0 bridgehead atoms. The average molecular weight is 278 g/mol. The van der Waals surface area contributed by atoms with Crippen LogP contribution in [0.15, 0.2) is 5.10 Å². The number of carbonyl (C=O) groups is 3. The first-order chi connectivity index (χ1) is 9.65. The van der Waals surface area contributed by atoms with Crippen molar-refractivity contribution in [3.05, 3.63) is 0 Å². The van der Waals surface area contributed by atoms with Gasteiger partial charge in [-0.15, -0.1) is 0 Å². The van der Waals surface area contributed by atoms with E-state index in [9.17, 15) is 14.4 Å². The van der Waals surface area contributed by atoms with Gasteiger partial charge in [-0.2, -0.15) is 5.10 Å². The van der Waals surface area contributed by atoms with Gasteiger partial charge in [-0.25, -0.2) is 5.43 Å². The molecule has 3 aliphatic rings. The van der Waals surface area contributed by atoms with Gasteiger partial charge in [0.2, 0.25) is 11.8 Å². The van der Waals surface area contributed by atoms with Gasteiger partial charge in [0.05, 0.1) is 0 Å². The Hall–Kier alpha value is -1.92. The number of amides is 3. The maximum absolute atomic E-state index is 12.4. The van der Waals surface area contributed by atoms with Crippen LogP contribution in [0.4, 0.5) is 0 Å². The Labute approximate surface area is 116 Å². The van der Waals surface area contributed by atoms with Gasteiger partial charge in [-0.1, -0.05) is 0 Å². The molecule has 0 radical (unpaired) electrons. The Bertz CT molecular complexity index is 484. The van der Waals surface area contributed by atoms with Crippen LogP contribution in [0.2, 0.25) is 0 Å². The first kappa shape index (κ1) is 13.1. The van der Waals surface area contributed by atoms with Crippen molar-refractivity contribution in [2.75, 3.05) is 6.54 Å². The summed E-state index contributed by atoms with van der Waals surface area (Å²) in [6.45, 7) is 0.578. The molecule has 3 amide bonds. The van der Waals surface area contributed by atoms with Crippen LogP contribution in [-0.4, -0.2) is 47.0 Å². The molecule has 1 saturated carbocycles. The van der Waals surface area contributed by atoms with Crippen molar-refractivity contribution in [2.45, 2.75) is 50.6 Å². The number of nitrogens with one attached hydrogen (secondary N) is 2. The monoisotopic (exact) mass is 278 g/mol. The van der Waals surface area contributed by atoms with Crippen molar-refractivity contribution in [3.8, 4) is 0 Å². The molecule has 0 aromatic heterocycles. The molecule has 0 aromatic carbocycles. The lowest BCUT2D eigenvalue weighted by atomic mass is 10.1. The fourth-order valence-electron chi connectivity index (χ4n) is 2.60. The van der Waals surface area contributed by atoms with E-state index >= 15 is 0 Å². The zero-order chi connectivity index (χ0) is 14.1. The fourth-order valence-corrected chi connectivity index (χ4v) is 2.60. The lowest BCUT2D eigenvalue weighted by molar-refractivity contribution is -0.134. The van der Waals surface area contributed by atoms with Crippen LogP contribution in [0.1, 0.15) is 38.5 Å². The molecule has 2 fully saturated rings. The second-order valence-electron chi connectivity index (χ2n) is 5.53. The molecular formula is C13H18N4O3. The summed E-state index contributed by atoms with van der Waals surface area (Å²) in [4.78, 5) is 37.2. The summed E-state index contributed by atoms with van der Waals surface area (Å²) in [6.07, 6.45) is 4.21. The van der Waals surface area contributed by atoms with Crippen LogP contribution in [0, 0.1) is 0 Å². The van der Waals surface area contributed by atoms with E-state index in [0.29, 0.717) is 31.1 Å². The van der Waals surface area contributed by atoms with E-state index in [1.54, 1.807) is 4.90 Å². The largest absolute Gasteiger partial charge is 0.352 e. The van der Waals surface area contributed by atoms with E-state index in [1.807, 2.05) is 0 Å². The summed E-state index contributed by atoms with van der Waals surface area (Å²) < 4.78 is 0. The van der Waals surface area contributed by atoms with Crippen LogP contribution < -0.4 is 10.7 Å². The van der Waals surface area contributed by atoms with Crippen LogP contribution >= 0.6 is 0 Å². The topological polar surface area (TPSA) is 90.9 Å². The van der Waals surface area contributed by atoms with E-state index in [2.05, 4.69) is 15.8 Å². The second kappa shape index (κ2) is 5.22. The Morgan fingerprint density at radius 1 is 1.25 bits per heavy atom. The van der Waals surface area contributed by atoms with Gasteiger partial charge in [-0.3, -0.25) is 14.4 Å². The van der Waals surface area contributed by atoms with Gasteiger partial charge in [-0.05, 0) is 25.7 Å². The van der Waals surface area contributed by atoms with Crippen LogP contribution in [0.5, 0.6) is 0 Å². The molecule has 3 rings (SSSR count). The maximum Gasteiger partial charge on any atom is 0.270 e. The Kier molecular flexibility index (Phi) is 3.42. The Morgan fingerprint density at radius 3 is 2.70 bits per heavy atom. The minimum absolute atomic E-state index is 0.0567. The average Bonchev–Trinajstić information content (AvgIpc) is 3.11. The minimum Gasteiger partial charge on any atom is -0.352 e. The molecule has 1 saturated heterocycles. The summed E-state index contributed by atoms with van der Waals surface area (Å²) in [6, 6.07) is -0.0882. The molecule has 7 nitrogen and oxygen atoms in total. The number of rotatable bonds is 3. The third-order valence-corrected chi connectivity index (χ3v) is 3.89. The normalized spacial score (nSPS) is 26.0. The second-order valence-corrected chi connectivity index (χ2v) is 5.53. The van der Waals surface area contributed by atoms with Crippen molar-refractivity contribution >= 4 is 23.4 Å². The van der Waals surface area contributed by atoms with Crippen LogP contribution in [0.25, 0.3) is 0 Å². The molecule has 0 aromatic rings. The van der Waals surface area contributed by atoms with Crippen LogP contribution in [0.3, 0.4) is 0 Å². The van der Waals surface area contributed by atoms with Crippen molar-refractivity contribution in [1.82, 2.24) is 15.6 Å². The molecule has 7 heteroatoms. The third-order valence-electron chi connectivity index (χ3n) is 3.89. The first-order valence-electron chi connectivity index (χ1n) is 7.12. The van der Waals surface area contributed by atoms with Crippen molar-refractivity contribution in [1.29, 1.82) is 0 Å². The van der Waals surface area contributed by atoms with Gasteiger partial charge >= 0.3 is 0 Å². The highest BCUT2D eigenvalue weighted by Crippen LogP contribution is 2.23. The van der Waals surface area contributed by atoms with Gasteiger partial charge in [0.25, 0.3) is 5.91 Å². The number of hydrogen-bond donors (Lipinski definition) is 2. The number of carbonyl (C=O) groups excluding carboxylic acids is 3. The molecule has 2 N–H and O–H groups in total. The highest BCUT2D eigenvalue weighted by molar-refractivity contribution is 6.39. The molecule has 1 unspecified atom stereocenters. The molecule has 1 atom stereocenters. The number of nitrogens with zero attached hydrogens (tertiary/aromatic N) is 2. The molecule has 2 heterocycles. The third kappa shape index (κ3) is 2.66. The lowest BCUT2D eigenvalue weighted by Crippen LogP contribution is -2.49. The Morgan fingerprint density at radius 2 is 2.05 bits per heavy atom. The molecule has 0 spiro atoms. The van der Waals surface area contributed by atoms with Gasteiger partial charge in [0.15, 0.2) is 0 Å². The zero-order valence-corrected chi connectivity index (χ0v) is 11.2. The van der Waals surface area contributed by atoms with E-state index in [-0.39, 0.29) is 30.2 Å². The van der Waals surface area contributed by atoms with Gasteiger partial charge in [0, 0.05) is 25.4 Å². The smallest absolute Gasteiger partial charge is 0.270 e. The molecule has 1 aliphatic carbocycles. The zero-order valence-electron chi connectivity index (χ0n) is 11.2. The first-order valence-corrected chi connectivity index (χ1v) is 7.12. The Balaban J connectivity index is 1.66. The van der Waals surface area contributed by atoms with E-state index in [4.69, 9.17) is 0 Å². The van der Waals surface area contributed by atoms with Gasteiger partial charge < -0.3 is 10.2 Å². The molecular weight excluding hydrogens is 260 g/mol. The standard InChI is InChI=1S/C13H18N4O3/c18-11-6-5-9(15-16-11)13(20)17-7-1-2-10(17)12(19)14-8-3-4-8/h8,10H,1-7H2,(H,14,19)(H,16,18). The van der Waals surface area contributed by atoms with E-state index in [1.165, 1.54) is 0 Å². The van der Waals surface area contributed by atoms with Crippen molar-refractivity contribution in [2.24, 2.45) is 5.10 Å². The lowest BCUT2D eigenvalue weighted by Gasteiger charge is -2.25. The molecule has 2 aliphatic heterocycles. The fraction of sp³-hybridized carbons (Fsp3) is 0.692. The van der Waals surface area contributed by atoms with Gasteiger partial charge in [0.1, 0.15) is 11.8 Å². The summed E-state index contributed by atoms with van der Waals surface area (Å²) in [7, 11) is 0. The summed E-state index contributed by atoms with van der Waals surface area (Å²) in [5.74, 6) is -0.455. The van der Waals surface area contributed by atoms with Crippen LogP contribution in [-0.2, 0) is 14.4 Å². The SMILES string of the molecule is O=C1CCC(C(=O)N2CCCC2C(=O)NC2CC2)=NN1. The quantitative estimate of drug-likeness (QED) is 0.730. The number of likely N-dealkylation sites (tertiary alicyclic amines) is 1. The maximum atomic E-state index is 12.4. The van der Waals surface area contributed by atoms with E-state index < -0.39 is 0 Å². The predicted octanol–water partition coefficient (Wildman–Crippen LogP) is -0.478. The summed E-state index contributed by atoms with van der Waals surface area (Å²) in [5, 5.41) is 6.76. The summed E-state index contributed by atoms with van der Waals surface area (Å²) >= 11 is 0. The van der Waals surface area contributed by atoms with E-state index in [0.717, 1.165) is 19.3 Å². The minimum atomic E-state index is -0.386. The highest BCUT2D eigenvalue weighted by Gasteiger charge is 2.38. The predicted molar refractivity (Wildman–Crippen MR) is 70.7 cm³/mol. The number of hydrogen-bond acceptors (Lipinski definition) is 4. The molecule has 108 valence electrons. The molecule has 20 heavy (non-hydrogen) atoms.